The summed E-state index contributed by atoms with van der Waals surface area (Å²) in [5.41, 5.74) is 2.66. The van der Waals surface area contributed by atoms with E-state index < -0.39 is 0 Å². The SMILES string of the molecule is CCN(CC)Cc1ccc(CNC(=NC)N2CCC(COC)C2)cc1. The zero-order chi connectivity index (χ0) is 18.1. The van der Waals surface area contributed by atoms with E-state index in [-0.39, 0.29) is 0 Å². The maximum absolute atomic E-state index is 5.28. The molecule has 5 nitrogen and oxygen atoms in total. The largest absolute Gasteiger partial charge is 0.384 e. The van der Waals surface area contributed by atoms with Gasteiger partial charge in [0.2, 0.25) is 0 Å². The van der Waals surface area contributed by atoms with E-state index in [1.165, 1.54) is 17.5 Å². The highest BCUT2D eigenvalue weighted by molar-refractivity contribution is 5.80. The predicted molar refractivity (Wildman–Crippen MR) is 105 cm³/mol. The van der Waals surface area contributed by atoms with E-state index >= 15 is 0 Å². The minimum Gasteiger partial charge on any atom is -0.384 e. The molecule has 1 saturated heterocycles. The summed E-state index contributed by atoms with van der Waals surface area (Å²) < 4.78 is 5.28. The second kappa shape index (κ2) is 10.4. The van der Waals surface area contributed by atoms with Crippen molar-refractivity contribution in [3.05, 3.63) is 35.4 Å². The van der Waals surface area contributed by atoms with Gasteiger partial charge in [0.15, 0.2) is 5.96 Å². The number of rotatable bonds is 8. The normalized spacial score (nSPS) is 18.2. The van der Waals surface area contributed by atoms with E-state index in [0.717, 1.165) is 51.8 Å². The van der Waals surface area contributed by atoms with Crippen molar-refractivity contribution in [2.45, 2.75) is 33.4 Å². The first-order valence-corrected chi connectivity index (χ1v) is 9.44. The summed E-state index contributed by atoms with van der Waals surface area (Å²) in [7, 11) is 3.64. The highest BCUT2D eigenvalue weighted by Crippen LogP contribution is 2.16. The quantitative estimate of drug-likeness (QED) is 0.580. The predicted octanol–water partition coefficient (Wildman–Crippen LogP) is 2.57. The molecule has 1 aliphatic rings. The number of aliphatic imine (C=N–C) groups is 1. The Labute approximate surface area is 153 Å². The second-order valence-electron chi connectivity index (χ2n) is 6.73. The monoisotopic (exact) mass is 346 g/mol. The van der Waals surface area contributed by atoms with Gasteiger partial charge in [0.25, 0.3) is 0 Å². The van der Waals surface area contributed by atoms with Crippen LogP contribution in [0, 0.1) is 5.92 Å². The van der Waals surface area contributed by atoms with Gasteiger partial charge in [-0.2, -0.15) is 0 Å². The molecule has 1 heterocycles. The Morgan fingerprint density at radius 3 is 2.52 bits per heavy atom. The van der Waals surface area contributed by atoms with Crippen molar-refractivity contribution in [2.75, 3.05) is 46.9 Å². The number of hydrogen-bond acceptors (Lipinski definition) is 3. The van der Waals surface area contributed by atoms with Crippen LogP contribution in [0.4, 0.5) is 0 Å². The molecule has 1 N–H and O–H groups in total. The number of methoxy groups -OCH3 is 1. The first-order valence-electron chi connectivity index (χ1n) is 9.44. The summed E-state index contributed by atoms with van der Waals surface area (Å²) >= 11 is 0. The topological polar surface area (TPSA) is 40.1 Å². The summed E-state index contributed by atoms with van der Waals surface area (Å²) in [6, 6.07) is 8.92. The van der Waals surface area contributed by atoms with Gasteiger partial charge in [0.05, 0.1) is 6.61 Å². The molecule has 2 rings (SSSR count). The molecule has 1 aromatic carbocycles. The molecule has 140 valence electrons. The van der Waals surface area contributed by atoms with Crippen molar-refractivity contribution < 1.29 is 4.74 Å². The van der Waals surface area contributed by atoms with Gasteiger partial charge in [-0.1, -0.05) is 38.1 Å². The van der Waals surface area contributed by atoms with Crippen molar-refractivity contribution in [2.24, 2.45) is 10.9 Å². The molecule has 1 aliphatic heterocycles. The minimum atomic E-state index is 0.614. The highest BCUT2D eigenvalue weighted by Gasteiger charge is 2.24. The van der Waals surface area contributed by atoms with Crippen molar-refractivity contribution in [3.63, 3.8) is 0 Å². The van der Waals surface area contributed by atoms with E-state index in [1.54, 1.807) is 7.11 Å². The van der Waals surface area contributed by atoms with Crippen molar-refractivity contribution in [1.29, 1.82) is 0 Å². The molecule has 0 saturated carbocycles. The molecule has 1 unspecified atom stereocenters. The zero-order valence-corrected chi connectivity index (χ0v) is 16.3. The van der Waals surface area contributed by atoms with Crippen molar-refractivity contribution >= 4 is 5.96 Å². The molecule has 0 bridgehead atoms. The van der Waals surface area contributed by atoms with E-state index in [4.69, 9.17) is 4.74 Å². The van der Waals surface area contributed by atoms with Gasteiger partial charge in [0, 0.05) is 46.3 Å². The molecule has 0 aliphatic carbocycles. The lowest BCUT2D eigenvalue weighted by molar-refractivity contribution is 0.157. The lowest BCUT2D eigenvalue weighted by Crippen LogP contribution is -2.39. The van der Waals surface area contributed by atoms with Crippen molar-refractivity contribution in [1.82, 2.24) is 15.1 Å². The fourth-order valence-corrected chi connectivity index (χ4v) is 3.38. The molecule has 1 aromatic rings. The van der Waals surface area contributed by atoms with Crippen LogP contribution < -0.4 is 5.32 Å². The molecular weight excluding hydrogens is 312 g/mol. The molecular formula is C20H34N4O. The average Bonchev–Trinajstić information content (AvgIpc) is 3.10. The lowest BCUT2D eigenvalue weighted by Gasteiger charge is -2.22. The third kappa shape index (κ3) is 6.01. The molecule has 0 spiro atoms. The average molecular weight is 347 g/mol. The van der Waals surface area contributed by atoms with Crippen LogP contribution in [0.5, 0.6) is 0 Å². The van der Waals surface area contributed by atoms with Crippen LogP contribution in [0.3, 0.4) is 0 Å². The Morgan fingerprint density at radius 1 is 1.24 bits per heavy atom. The number of nitrogens with zero attached hydrogens (tertiary/aromatic N) is 3. The molecule has 0 amide bonds. The minimum absolute atomic E-state index is 0.614. The molecule has 5 heteroatoms. The highest BCUT2D eigenvalue weighted by atomic mass is 16.5. The number of likely N-dealkylation sites (tertiary alicyclic amines) is 1. The number of ether oxygens (including phenoxy) is 1. The number of benzene rings is 1. The van der Waals surface area contributed by atoms with Crippen LogP contribution in [-0.2, 0) is 17.8 Å². The molecule has 0 aromatic heterocycles. The summed E-state index contributed by atoms with van der Waals surface area (Å²) in [6.07, 6.45) is 1.18. The van der Waals surface area contributed by atoms with Gasteiger partial charge in [-0.05, 0) is 30.6 Å². The first kappa shape index (κ1) is 19.7. The molecule has 1 fully saturated rings. The fraction of sp³-hybridized carbons (Fsp3) is 0.650. The summed E-state index contributed by atoms with van der Waals surface area (Å²) in [5.74, 6) is 1.61. The number of guanidine groups is 1. The Morgan fingerprint density at radius 2 is 1.92 bits per heavy atom. The first-order chi connectivity index (χ1) is 12.2. The van der Waals surface area contributed by atoms with Crippen LogP contribution in [0.25, 0.3) is 0 Å². The Kier molecular flexibility index (Phi) is 8.22. The van der Waals surface area contributed by atoms with E-state index in [9.17, 15) is 0 Å². The summed E-state index contributed by atoms with van der Waals surface area (Å²) in [4.78, 5) is 9.20. The standard InChI is InChI=1S/C20H34N4O/c1-5-23(6-2)14-18-9-7-17(8-10-18)13-22-20(21-3)24-12-11-19(15-24)16-25-4/h7-10,19H,5-6,11-16H2,1-4H3,(H,21,22). The third-order valence-corrected chi connectivity index (χ3v) is 4.97. The summed E-state index contributed by atoms with van der Waals surface area (Å²) in [5, 5.41) is 3.50. The smallest absolute Gasteiger partial charge is 0.193 e. The molecule has 0 radical (unpaired) electrons. The van der Waals surface area contributed by atoms with Crippen LogP contribution in [0.15, 0.2) is 29.3 Å². The number of nitrogens with one attached hydrogen (secondary N) is 1. The third-order valence-electron chi connectivity index (χ3n) is 4.97. The molecule has 25 heavy (non-hydrogen) atoms. The Hall–Kier alpha value is -1.59. The second-order valence-corrected chi connectivity index (χ2v) is 6.73. The van der Waals surface area contributed by atoms with E-state index in [2.05, 4.69) is 58.2 Å². The van der Waals surface area contributed by atoms with Gasteiger partial charge in [-0.15, -0.1) is 0 Å². The molecule has 1 atom stereocenters. The van der Waals surface area contributed by atoms with Crippen LogP contribution in [0.1, 0.15) is 31.4 Å². The van der Waals surface area contributed by atoms with E-state index in [0.29, 0.717) is 5.92 Å². The van der Waals surface area contributed by atoms with Gasteiger partial charge in [0.1, 0.15) is 0 Å². The van der Waals surface area contributed by atoms with Gasteiger partial charge in [-0.25, -0.2) is 0 Å². The van der Waals surface area contributed by atoms with Crippen LogP contribution in [-0.4, -0.2) is 62.7 Å². The zero-order valence-electron chi connectivity index (χ0n) is 16.3. The van der Waals surface area contributed by atoms with Crippen molar-refractivity contribution in [3.8, 4) is 0 Å². The van der Waals surface area contributed by atoms with Gasteiger partial charge < -0.3 is 15.0 Å². The summed E-state index contributed by atoms with van der Waals surface area (Å²) in [6.45, 7) is 11.4. The van der Waals surface area contributed by atoms with Crippen LogP contribution in [0.2, 0.25) is 0 Å². The maximum atomic E-state index is 5.28. The van der Waals surface area contributed by atoms with E-state index in [1.807, 2.05) is 7.05 Å². The Balaban J connectivity index is 1.83. The maximum Gasteiger partial charge on any atom is 0.193 e. The number of hydrogen-bond donors (Lipinski definition) is 1. The van der Waals surface area contributed by atoms with Gasteiger partial charge in [-0.3, -0.25) is 9.89 Å². The Bertz CT molecular complexity index is 525. The van der Waals surface area contributed by atoms with Gasteiger partial charge >= 0.3 is 0 Å². The van der Waals surface area contributed by atoms with Crippen LogP contribution >= 0.6 is 0 Å². The lowest BCUT2D eigenvalue weighted by atomic mass is 10.1. The fourth-order valence-electron chi connectivity index (χ4n) is 3.38.